The van der Waals surface area contributed by atoms with Gasteiger partial charge < -0.3 is 10.8 Å². The number of thiocarbonyl (C=S) groups is 1. The summed E-state index contributed by atoms with van der Waals surface area (Å²) >= 11 is 11.0. The fourth-order valence-corrected chi connectivity index (χ4v) is 2.00. The molecule has 1 aromatic carbocycles. The number of hydrogen-bond acceptors (Lipinski definition) is 3. The smallest absolute Gasteiger partial charge is 0.104 e. The van der Waals surface area contributed by atoms with Crippen molar-refractivity contribution in [2.45, 2.75) is 19.6 Å². The first-order chi connectivity index (χ1) is 7.90. The fourth-order valence-electron chi connectivity index (χ4n) is 1.64. The van der Waals surface area contributed by atoms with E-state index in [2.05, 4.69) is 0 Å². The molecule has 94 valence electrons. The monoisotopic (exact) mass is 272 g/mol. The van der Waals surface area contributed by atoms with E-state index in [0.29, 0.717) is 23.1 Å². The first-order valence-corrected chi connectivity index (χ1v) is 6.13. The Bertz CT molecular complexity index is 409. The van der Waals surface area contributed by atoms with E-state index in [0.717, 1.165) is 11.1 Å². The third kappa shape index (κ3) is 4.60. The molecule has 0 amide bonds. The maximum Gasteiger partial charge on any atom is 0.104 e. The number of hydrogen-bond donors (Lipinski definition) is 2. The van der Waals surface area contributed by atoms with Gasteiger partial charge in [-0.15, -0.1) is 0 Å². The normalized spacial score (nSPS) is 12.8. The zero-order chi connectivity index (χ0) is 13.0. The van der Waals surface area contributed by atoms with Crippen LogP contribution in [0, 0.1) is 0 Å². The van der Waals surface area contributed by atoms with Crippen molar-refractivity contribution in [2.24, 2.45) is 5.73 Å². The van der Waals surface area contributed by atoms with Crippen LogP contribution in [0.15, 0.2) is 18.2 Å². The minimum Gasteiger partial charge on any atom is -0.392 e. The molecule has 0 aliphatic carbocycles. The van der Waals surface area contributed by atoms with E-state index < -0.39 is 0 Å². The second kappa shape index (κ2) is 6.31. The van der Waals surface area contributed by atoms with Gasteiger partial charge in [0.2, 0.25) is 0 Å². The molecular weight excluding hydrogens is 256 g/mol. The number of aliphatic hydroxyl groups excluding tert-OH is 1. The lowest BCUT2D eigenvalue weighted by molar-refractivity contribution is 0.138. The number of halogens is 1. The lowest BCUT2D eigenvalue weighted by Crippen LogP contribution is -2.26. The van der Waals surface area contributed by atoms with Gasteiger partial charge in [0, 0.05) is 23.7 Å². The van der Waals surface area contributed by atoms with Gasteiger partial charge in [-0.25, -0.2) is 0 Å². The number of nitrogens with two attached hydrogens (primary N) is 1. The molecule has 0 spiro atoms. The van der Waals surface area contributed by atoms with Crippen molar-refractivity contribution in [2.75, 3.05) is 13.6 Å². The molecule has 0 saturated heterocycles. The van der Waals surface area contributed by atoms with Gasteiger partial charge in [0.25, 0.3) is 0 Å². The highest BCUT2D eigenvalue weighted by Gasteiger charge is 2.08. The molecule has 17 heavy (non-hydrogen) atoms. The van der Waals surface area contributed by atoms with Crippen LogP contribution in [0.2, 0.25) is 5.02 Å². The van der Waals surface area contributed by atoms with Crippen LogP contribution in [-0.2, 0) is 6.54 Å². The molecule has 0 fully saturated rings. The van der Waals surface area contributed by atoms with Gasteiger partial charge in [0.05, 0.1) is 6.10 Å². The molecule has 1 rings (SSSR count). The maximum atomic E-state index is 9.28. The molecule has 3 N–H and O–H groups in total. The molecule has 0 aliphatic heterocycles. The molecule has 0 aliphatic rings. The summed E-state index contributed by atoms with van der Waals surface area (Å²) in [4.78, 5) is 2.35. The third-order valence-electron chi connectivity index (χ3n) is 2.35. The van der Waals surface area contributed by atoms with E-state index in [-0.39, 0.29) is 6.10 Å². The van der Waals surface area contributed by atoms with Crippen molar-refractivity contribution in [3.8, 4) is 0 Å². The van der Waals surface area contributed by atoms with Crippen LogP contribution >= 0.6 is 23.8 Å². The molecule has 0 heterocycles. The van der Waals surface area contributed by atoms with Gasteiger partial charge >= 0.3 is 0 Å². The average Bonchev–Trinajstić information content (AvgIpc) is 2.19. The molecule has 0 saturated carbocycles. The van der Waals surface area contributed by atoms with Crippen molar-refractivity contribution >= 4 is 28.8 Å². The maximum absolute atomic E-state index is 9.28. The zero-order valence-electron chi connectivity index (χ0n) is 9.98. The SMILES string of the molecule is CC(O)CN(C)Cc1ccc(C(N)=S)cc1Cl. The van der Waals surface area contributed by atoms with Gasteiger partial charge in [-0.2, -0.15) is 0 Å². The van der Waals surface area contributed by atoms with Gasteiger partial charge in [0.15, 0.2) is 0 Å². The molecule has 3 nitrogen and oxygen atoms in total. The molecule has 1 unspecified atom stereocenters. The van der Waals surface area contributed by atoms with Crippen LogP contribution in [0.5, 0.6) is 0 Å². The number of likely N-dealkylation sites (N-methyl/N-ethyl adjacent to an activating group) is 1. The van der Waals surface area contributed by atoms with Crippen LogP contribution in [-0.4, -0.2) is 34.7 Å². The summed E-state index contributed by atoms with van der Waals surface area (Å²) < 4.78 is 0. The van der Waals surface area contributed by atoms with Crippen molar-refractivity contribution in [1.29, 1.82) is 0 Å². The highest BCUT2D eigenvalue weighted by molar-refractivity contribution is 7.80. The Morgan fingerprint density at radius 1 is 1.59 bits per heavy atom. The number of benzene rings is 1. The summed E-state index contributed by atoms with van der Waals surface area (Å²) in [6.07, 6.45) is -0.352. The quantitative estimate of drug-likeness (QED) is 0.803. The van der Waals surface area contributed by atoms with Crippen molar-refractivity contribution in [3.63, 3.8) is 0 Å². The molecule has 1 atom stereocenters. The zero-order valence-corrected chi connectivity index (χ0v) is 11.6. The molecule has 1 aromatic rings. The van der Waals surface area contributed by atoms with Crippen molar-refractivity contribution in [1.82, 2.24) is 4.90 Å². The largest absolute Gasteiger partial charge is 0.392 e. The topological polar surface area (TPSA) is 49.5 Å². The van der Waals surface area contributed by atoms with E-state index in [1.807, 2.05) is 24.1 Å². The van der Waals surface area contributed by atoms with Crippen LogP contribution in [0.25, 0.3) is 0 Å². The Morgan fingerprint density at radius 3 is 2.71 bits per heavy atom. The van der Waals surface area contributed by atoms with Gasteiger partial charge in [-0.1, -0.05) is 36.0 Å². The summed E-state index contributed by atoms with van der Waals surface area (Å²) in [5.74, 6) is 0. The first kappa shape index (κ1) is 14.4. The van der Waals surface area contributed by atoms with Crippen LogP contribution in [0.3, 0.4) is 0 Å². The Hall–Kier alpha value is -0.680. The summed E-state index contributed by atoms with van der Waals surface area (Å²) in [5.41, 5.74) is 7.29. The number of nitrogens with zero attached hydrogens (tertiary/aromatic N) is 1. The van der Waals surface area contributed by atoms with Gasteiger partial charge in [0.1, 0.15) is 4.99 Å². The fraction of sp³-hybridized carbons (Fsp3) is 0.417. The second-order valence-electron chi connectivity index (χ2n) is 4.22. The Labute approximate surface area is 112 Å². The summed E-state index contributed by atoms with van der Waals surface area (Å²) in [6.45, 7) is 3.04. The van der Waals surface area contributed by atoms with E-state index in [1.165, 1.54) is 0 Å². The number of rotatable bonds is 5. The van der Waals surface area contributed by atoms with Crippen molar-refractivity contribution in [3.05, 3.63) is 34.3 Å². The predicted octanol–water partition coefficient (Wildman–Crippen LogP) is 1.79. The third-order valence-corrected chi connectivity index (χ3v) is 2.94. The van der Waals surface area contributed by atoms with E-state index in [1.54, 1.807) is 13.0 Å². The number of aliphatic hydroxyl groups is 1. The minimum absolute atomic E-state index is 0.343. The van der Waals surface area contributed by atoms with E-state index in [9.17, 15) is 5.11 Å². The highest BCUT2D eigenvalue weighted by atomic mass is 35.5. The minimum atomic E-state index is -0.352. The molecular formula is C12H17ClN2OS. The molecule has 5 heteroatoms. The lowest BCUT2D eigenvalue weighted by Gasteiger charge is -2.19. The van der Waals surface area contributed by atoms with Crippen LogP contribution in [0.1, 0.15) is 18.1 Å². The standard InChI is InChI=1S/C12H17ClN2OS/c1-8(16)6-15(2)7-10-4-3-9(12(14)17)5-11(10)13/h3-5,8,16H,6-7H2,1-2H3,(H2,14,17). The Kier molecular flexibility index (Phi) is 5.33. The molecule has 0 radical (unpaired) electrons. The van der Waals surface area contributed by atoms with Gasteiger partial charge in [-0.3, -0.25) is 4.90 Å². The van der Waals surface area contributed by atoms with Gasteiger partial charge in [-0.05, 0) is 25.6 Å². The summed E-state index contributed by atoms with van der Waals surface area (Å²) in [7, 11) is 1.94. The first-order valence-electron chi connectivity index (χ1n) is 5.35. The predicted molar refractivity (Wildman–Crippen MR) is 75.4 cm³/mol. The summed E-state index contributed by atoms with van der Waals surface area (Å²) in [5, 5.41) is 9.92. The van der Waals surface area contributed by atoms with E-state index in [4.69, 9.17) is 29.6 Å². The highest BCUT2D eigenvalue weighted by Crippen LogP contribution is 2.19. The van der Waals surface area contributed by atoms with Crippen molar-refractivity contribution < 1.29 is 5.11 Å². The van der Waals surface area contributed by atoms with Crippen LogP contribution < -0.4 is 5.73 Å². The van der Waals surface area contributed by atoms with E-state index >= 15 is 0 Å². The summed E-state index contributed by atoms with van der Waals surface area (Å²) in [6, 6.07) is 5.55. The Balaban J connectivity index is 2.75. The lowest BCUT2D eigenvalue weighted by atomic mass is 10.1. The second-order valence-corrected chi connectivity index (χ2v) is 5.06. The Morgan fingerprint density at radius 2 is 2.24 bits per heavy atom. The average molecular weight is 273 g/mol. The molecule has 0 aromatic heterocycles. The van der Waals surface area contributed by atoms with Crippen LogP contribution in [0.4, 0.5) is 0 Å². The molecule has 0 bridgehead atoms.